The van der Waals surface area contributed by atoms with E-state index >= 15 is 0 Å². The van der Waals surface area contributed by atoms with Crippen LogP contribution in [0.2, 0.25) is 0 Å². The van der Waals surface area contributed by atoms with Gasteiger partial charge in [-0.25, -0.2) is 15.0 Å². The van der Waals surface area contributed by atoms with Crippen molar-refractivity contribution in [1.29, 1.82) is 0 Å². The summed E-state index contributed by atoms with van der Waals surface area (Å²) in [6.07, 6.45) is 1.57. The molecule has 0 spiro atoms. The quantitative estimate of drug-likeness (QED) is 0.290. The first-order chi connectivity index (χ1) is 14.6. The normalized spacial score (nSPS) is 11.0. The first kappa shape index (κ1) is 19.1. The standard InChI is InChI=1S/C24H20N4O2/c1-28(25-16-17-12-13-22(29)23(30)14-17)24-26-20(18-8-4-2-5-9-18)15-21(27-24)19-10-6-3-7-11-19/h2-16,29-30H,1H3. The lowest BCUT2D eigenvalue weighted by atomic mass is 10.1. The minimum absolute atomic E-state index is 0.174. The number of hydrazone groups is 1. The Morgan fingerprint density at radius 1 is 0.733 bits per heavy atom. The molecule has 0 saturated heterocycles. The Morgan fingerprint density at radius 3 is 1.83 bits per heavy atom. The van der Waals surface area contributed by atoms with Crippen molar-refractivity contribution >= 4 is 12.2 Å². The van der Waals surface area contributed by atoms with Crippen molar-refractivity contribution in [2.24, 2.45) is 5.10 Å². The summed E-state index contributed by atoms with van der Waals surface area (Å²) >= 11 is 0. The fraction of sp³-hybridized carbons (Fsp3) is 0.0417. The number of hydrogen-bond donors (Lipinski definition) is 2. The van der Waals surface area contributed by atoms with Gasteiger partial charge in [-0.05, 0) is 29.8 Å². The molecule has 0 amide bonds. The van der Waals surface area contributed by atoms with E-state index in [1.165, 1.54) is 12.1 Å². The summed E-state index contributed by atoms with van der Waals surface area (Å²) in [7, 11) is 1.76. The largest absolute Gasteiger partial charge is 0.504 e. The Bertz CT molecular complexity index is 1120. The molecule has 0 fully saturated rings. The fourth-order valence-corrected chi connectivity index (χ4v) is 2.92. The van der Waals surface area contributed by atoms with E-state index in [0.29, 0.717) is 11.5 Å². The van der Waals surface area contributed by atoms with Gasteiger partial charge in [-0.15, -0.1) is 0 Å². The van der Waals surface area contributed by atoms with Crippen molar-refractivity contribution < 1.29 is 10.2 Å². The zero-order valence-electron chi connectivity index (χ0n) is 16.3. The molecule has 6 nitrogen and oxygen atoms in total. The second-order valence-corrected chi connectivity index (χ2v) is 6.69. The third-order valence-electron chi connectivity index (χ3n) is 4.52. The summed E-state index contributed by atoms with van der Waals surface area (Å²) in [4.78, 5) is 9.37. The van der Waals surface area contributed by atoms with Crippen molar-refractivity contribution in [2.75, 3.05) is 12.1 Å². The first-order valence-electron chi connectivity index (χ1n) is 9.40. The molecule has 148 valence electrons. The van der Waals surface area contributed by atoms with Gasteiger partial charge < -0.3 is 10.2 Å². The molecular weight excluding hydrogens is 376 g/mol. The van der Waals surface area contributed by atoms with E-state index in [-0.39, 0.29) is 11.5 Å². The van der Waals surface area contributed by atoms with Gasteiger partial charge in [0.2, 0.25) is 5.95 Å². The van der Waals surface area contributed by atoms with Crippen molar-refractivity contribution in [3.63, 3.8) is 0 Å². The zero-order chi connectivity index (χ0) is 20.9. The molecule has 2 N–H and O–H groups in total. The number of aromatic hydroxyl groups is 2. The molecule has 1 aromatic heterocycles. The maximum atomic E-state index is 9.66. The number of phenolic OH excluding ortho intramolecular Hbond substituents is 2. The predicted octanol–water partition coefficient (Wildman–Crippen LogP) is 4.69. The van der Waals surface area contributed by atoms with Gasteiger partial charge in [-0.3, -0.25) is 0 Å². The molecule has 0 atom stereocenters. The molecule has 4 aromatic rings. The number of phenols is 2. The molecule has 0 aliphatic heterocycles. The number of hydrogen-bond acceptors (Lipinski definition) is 6. The van der Waals surface area contributed by atoms with E-state index in [4.69, 9.17) is 0 Å². The molecule has 3 aromatic carbocycles. The maximum Gasteiger partial charge on any atom is 0.247 e. The van der Waals surface area contributed by atoms with Gasteiger partial charge in [0, 0.05) is 18.2 Å². The van der Waals surface area contributed by atoms with E-state index in [0.717, 1.165) is 22.5 Å². The summed E-state index contributed by atoms with van der Waals surface area (Å²) in [5.41, 5.74) is 4.20. The van der Waals surface area contributed by atoms with Crippen LogP contribution < -0.4 is 5.01 Å². The van der Waals surface area contributed by atoms with Gasteiger partial charge >= 0.3 is 0 Å². The molecular formula is C24H20N4O2. The van der Waals surface area contributed by atoms with E-state index in [9.17, 15) is 10.2 Å². The third-order valence-corrected chi connectivity index (χ3v) is 4.52. The Kier molecular flexibility index (Phi) is 5.39. The average Bonchev–Trinajstić information content (AvgIpc) is 2.80. The first-order valence-corrected chi connectivity index (χ1v) is 9.40. The Hall–Kier alpha value is -4.19. The van der Waals surface area contributed by atoms with Crippen molar-refractivity contribution in [2.45, 2.75) is 0 Å². The van der Waals surface area contributed by atoms with E-state index in [2.05, 4.69) is 15.1 Å². The van der Waals surface area contributed by atoms with Crippen LogP contribution >= 0.6 is 0 Å². The Balaban J connectivity index is 1.72. The second kappa shape index (κ2) is 8.45. The predicted molar refractivity (Wildman–Crippen MR) is 119 cm³/mol. The van der Waals surface area contributed by atoms with E-state index in [1.807, 2.05) is 66.7 Å². The molecule has 0 aliphatic carbocycles. The molecule has 30 heavy (non-hydrogen) atoms. The van der Waals surface area contributed by atoms with Crippen LogP contribution in [0.25, 0.3) is 22.5 Å². The zero-order valence-corrected chi connectivity index (χ0v) is 16.3. The van der Waals surface area contributed by atoms with Crippen molar-refractivity contribution in [1.82, 2.24) is 9.97 Å². The van der Waals surface area contributed by atoms with Gasteiger partial charge in [-0.2, -0.15) is 5.10 Å². The highest BCUT2D eigenvalue weighted by Crippen LogP contribution is 2.27. The van der Waals surface area contributed by atoms with Crippen LogP contribution in [0.4, 0.5) is 5.95 Å². The van der Waals surface area contributed by atoms with Crippen LogP contribution in [0.3, 0.4) is 0 Å². The average molecular weight is 396 g/mol. The smallest absolute Gasteiger partial charge is 0.247 e. The van der Waals surface area contributed by atoms with Crippen LogP contribution in [0, 0.1) is 0 Å². The molecule has 0 bridgehead atoms. The lowest BCUT2D eigenvalue weighted by molar-refractivity contribution is 0.403. The summed E-state index contributed by atoms with van der Waals surface area (Å²) in [5.74, 6) is 0.0663. The van der Waals surface area contributed by atoms with Crippen LogP contribution in [0.15, 0.2) is 90.0 Å². The molecule has 0 radical (unpaired) electrons. The van der Waals surface area contributed by atoms with Gasteiger partial charge in [0.05, 0.1) is 17.6 Å². The molecule has 4 rings (SSSR count). The van der Waals surface area contributed by atoms with E-state index in [1.54, 1.807) is 24.3 Å². The number of nitrogens with zero attached hydrogens (tertiary/aromatic N) is 4. The molecule has 0 aliphatic rings. The number of anilines is 1. The summed E-state index contributed by atoms with van der Waals surface area (Å²) < 4.78 is 0. The van der Waals surface area contributed by atoms with Gasteiger partial charge in [0.25, 0.3) is 0 Å². The topological polar surface area (TPSA) is 81.8 Å². The maximum absolute atomic E-state index is 9.66. The van der Waals surface area contributed by atoms with Gasteiger partial charge in [0.1, 0.15) is 0 Å². The highest BCUT2D eigenvalue weighted by molar-refractivity contribution is 5.81. The summed E-state index contributed by atoms with van der Waals surface area (Å²) in [6.45, 7) is 0. The summed E-state index contributed by atoms with van der Waals surface area (Å²) in [6, 6.07) is 26.3. The molecule has 1 heterocycles. The van der Waals surface area contributed by atoms with Crippen molar-refractivity contribution in [3.8, 4) is 34.0 Å². The number of aromatic nitrogens is 2. The highest BCUT2D eigenvalue weighted by atomic mass is 16.3. The van der Waals surface area contributed by atoms with Crippen LogP contribution in [0.5, 0.6) is 11.5 Å². The van der Waals surface area contributed by atoms with Crippen molar-refractivity contribution in [3.05, 3.63) is 90.5 Å². The Labute approximate surface area is 174 Å². The number of benzene rings is 3. The molecule has 6 heteroatoms. The highest BCUT2D eigenvalue weighted by Gasteiger charge is 2.11. The molecule has 0 saturated carbocycles. The second-order valence-electron chi connectivity index (χ2n) is 6.69. The van der Waals surface area contributed by atoms with Gasteiger partial charge in [0.15, 0.2) is 11.5 Å². The Morgan fingerprint density at radius 2 is 1.30 bits per heavy atom. The van der Waals surface area contributed by atoms with E-state index < -0.39 is 0 Å². The van der Waals surface area contributed by atoms with Crippen LogP contribution in [-0.2, 0) is 0 Å². The van der Waals surface area contributed by atoms with Crippen LogP contribution in [-0.4, -0.2) is 33.4 Å². The summed E-state index contributed by atoms with van der Waals surface area (Å²) in [5, 5.41) is 25.1. The monoisotopic (exact) mass is 396 g/mol. The SMILES string of the molecule is CN(N=Cc1ccc(O)c(O)c1)c1nc(-c2ccccc2)cc(-c2ccccc2)n1. The van der Waals surface area contributed by atoms with Gasteiger partial charge in [-0.1, -0.05) is 60.7 Å². The third kappa shape index (κ3) is 4.28. The van der Waals surface area contributed by atoms with Crippen LogP contribution in [0.1, 0.15) is 5.56 Å². The lowest BCUT2D eigenvalue weighted by Gasteiger charge is -2.14. The minimum atomic E-state index is -0.199. The molecule has 0 unspecified atom stereocenters. The minimum Gasteiger partial charge on any atom is -0.504 e. The lowest BCUT2D eigenvalue weighted by Crippen LogP contribution is -2.13. The number of rotatable bonds is 5. The fourth-order valence-electron chi connectivity index (χ4n) is 2.92.